The Morgan fingerprint density at radius 1 is 0.455 bits per heavy atom. The minimum Gasteiger partial charge on any atom is -0.285 e. The summed E-state index contributed by atoms with van der Waals surface area (Å²) in [6.07, 6.45) is 8.51. The summed E-state index contributed by atoms with van der Waals surface area (Å²) in [4.78, 5) is 25.0. The molecule has 0 saturated carbocycles. The lowest BCUT2D eigenvalue weighted by molar-refractivity contribution is 1.01. The first-order chi connectivity index (χ1) is 27.2. The van der Waals surface area contributed by atoms with Gasteiger partial charge in [-0.15, -0.1) is 11.3 Å². The van der Waals surface area contributed by atoms with Crippen molar-refractivity contribution in [2.24, 2.45) is 0 Å². The number of thiazole rings is 2. The number of nitrogens with zero attached hydrogens (tertiary/aromatic N) is 6. The second-order valence-corrected chi connectivity index (χ2v) is 15.7. The normalized spacial score (nSPS) is 13.0. The van der Waals surface area contributed by atoms with E-state index >= 15 is 0 Å². The molecule has 1 aliphatic carbocycles. The molecule has 0 saturated heterocycles. The average Bonchev–Trinajstić information content (AvgIpc) is 3.97. The predicted molar refractivity (Wildman–Crippen MR) is 229 cm³/mol. The van der Waals surface area contributed by atoms with Crippen molar-refractivity contribution >= 4 is 70.5 Å². The number of rotatable bonds is 6. The molecule has 55 heavy (non-hydrogen) atoms. The van der Waals surface area contributed by atoms with E-state index in [1.165, 1.54) is 15.5 Å². The van der Waals surface area contributed by atoms with Crippen molar-refractivity contribution < 1.29 is 0 Å². The van der Waals surface area contributed by atoms with E-state index < -0.39 is 0 Å². The molecule has 8 heteroatoms. The minimum atomic E-state index is 0.641. The van der Waals surface area contributed by atoms with E-state index in [0.717, 1.165) is 83.1 Å². The van der Waals surface area contributed by atoms with Crippen LogP contribution in [0.4, 0.5) is 0 Å². The van der Waals surface area contributed by atoms with Crippen LogP contribution >= 0.6 is 22.7 Å². The van der Waals surface area contributed by atoms with Crippen LogP contribution < -0.4 is 0 Å². The number of hydrogen-bond acceptors (Lipinski definition) is 7. The van der Waals surface area contributed by atoms with Crippen molar-refractivity contribution in [1.82, 2.24) is 29.5 Å². The number of aromatic nitrogens is 6. The Hall–Kier alpha value is -6.61. The van der Waals surface area contributed by atoms with Crippen LogP contribution in [-0.2, 0) is 0 Å². The van der Waals surface area contributed by atoms with Gasteiger partial charge in [0.2, 0.25) is 0 Å². The van der Waals surface area contributed by atoms with E-state index in [0.29, 0.717) is 17.5 Å². The third kappa shape index (κ3) is 5.66. The lowest BCUT2D eigenvalue weighted by Gasteiger charge is -2.10. The molecule has 0 amide bonds. The van der Waals surface area contributed by atoms with Crippen LogP contribution in [-0.4, -0.2) is 29.5 Å². The molecule has 0 aliphatic heterocycles. The molecule has 6 nitrogen and oxygen atoms in total. The van der Waals surface area contributed by atoms with Gasteiger partial charge in [-0.1, -0.05) is 114 Å². The third-order valence-electron chi connectivity index (χ3n) is 10.2. The van der Waals surface area contributed by atoms with Gasteiger partial charge in [0, 0.05) is 33.0 Å². The van der Waals surface area contributed by atoms with Gasteiger partial charge >= 0.3 is 0 Å². The van der Waals surface area contributed by atoms with Crippen molar-refractivity contribution in [2.75, 3.05) is 0 Å². The lowest BCUT2D eigenvalue weighted by atomic mass is 10.0. The summed E-state index contributed by atoms with van der Waals surface area (Å²) in [7, 11) is 0. The summed E-state index contributed by atoms with van der Waals surface area (Å²) in [5.41, 5.74) is 10.5. The zero-order valence-electron chi connectivity index (χ0n) is 29.4. The molecule has 1 aliphatic rings. The molecule has 4 aromatic heterocycles. The molecule has 0 atom stereocenters. The lowest BCUT2D eigenvalue weighted by Crippen LogP contribution is -2.03. The number of benzene rings is 6. The molecule has 260 valence electrons. The SMILES string of the molecule is C1=CC(c2nc(-c3ccccc3)nc(-c3ccc4sc(-c5cccc(-c6ccc7c(c6)c6ccccc6n7-c6nc7ccccc7s6)c5)nc4c3)n2)=CCC1. The standard InChI is InChI=1S/C47H30N6S2/c1-3-12-29(13-4-1)43-50-44(30-14-5-2-6-15-30)52-45(51-43)33-23-25-42-38(28-33)48-46(54-42)34-17-11-16-31(26-34)32-22-24-40-36(27-32)35-18-7-9-20-39(35)53(40)47-49-37-19-8-10-21-41(37)55-47/h1,3-5,7-28H,2,6H2. The molecule has 0 unspecified atom stereocenters. The average molecular weight is 743 g/mol. The van der Waals surface area contributed by atoms with E-state index in [4.69, 9.17) is 24.9 Å². The first-order valence-corrected chi connectivity index (χ1v) is 19.9. The van der Waals surface area contributed by atoms with Gasteiger partial charge in [-0.3, -0.25) is 4.57 Å². The maximum Gasteiger partial charge on any atom is 0.195 e. The van der Waals surface area contributed by atoms with Gasteiger partial charge in [0.05, 0.1) is 31.5 Å². The van der Waals surface area contributed by atoms with Crippen molar-refractivity contribution in [3.63, 3.8) is 0 Å². The van der Waals surface area contributed by atoms with E-state index in [-0.39, 0.29) is 0 Å². The van der Waals surface area contributed by atoms with Gasteiger partial charge in [0.15, 0.2) is 22.6 Å². The van der Waals surface area contributed by atoms with Gasteiger partial charge in [-0.25, -0.2) is 24.9 Å². The second-order valence-electron chi connectivity index (χ2n) is 13.6. The fraction of sp³-hybridized carbons (Fsp3) is 0.0426. The molecule has 11 rings (SSSR count). The third-order valence-corrected chi connectivity index (χ3v) is 12.3. The molecule has 4 heterocycles. The van der Waals surface area contributed by atoms with Gasteiger partial charge in [-0.05, 0) is 78.6 Å². The first-order valence-electron chi connectivity index (χ1n) is 18.3. The largest absolute Gasteiger partial charge is 0.285 e. The van der Waals surface area contributed by atoms with Crippen LogP contribution in [0.2, 0.25) is 0 Å². The van der Waals surface area contributed by atoms with E-state index in [2.05, 4.69) is 126 Å². The monoisotopic (exact) mass is 742 g/mol. The molecule has 0 fully saturated rings. The quantitative estimate of drug-likeness (QED) is 0.170. The van der Waals surface area contributed by atoms with E-state index in [1.54, 1.807) is 22.7 Å². The van der Waals surface area contributed by atoms with Gasteiger partial charge in [0.1, 0.15) is 5.01 Å². The summed E-state index contributed by atoms with van der Waals surface area (Å²) < 4.78 is 4.60. The fourth-order valence-corrected chi connectivity index (χ4v) is 9.40. The van der Waals surface area contributed by atoms with Crippen molar-refractivity contribution in [3.05, 3.63) is 164 Å². The highest BCUT2D eigenvalue weighted by atomic mass is 32.1. The smallest absolute Gasteiger partial charge is 0.195 e. The summed E-state index contributed by atoms with van der Waals surface area (Å²) >= 11 is 3.42. The highest BCUT2D eigenvalue weighted by molar-refractivity contribution is 7.21. The minimum absolute atomic E-state index is 0.641. The summed E-state index contributed by atoms with van der Waals surface area (Å²) in [6.45, 7) is 0. The fourth-order valence-electron chi connectivity index (χ4n) is 7.47. The highest BCUT2D eigenvalue weighted by Gasteiger charge is 2.18. The van der Waals surface area contributed by atoms with E-state index in [1.807, 2.05) is 36.4 Å². The molecule has 0 radical (unpaired) electrons. The van der Waals surface area contributed by atoms with Gasteiger partial charge in [0.25, 0.3) is 0 Å². The van der Waals surface area contributed by atoms with Crippen LogP contribution in [0.1, 0.15) is 18.7 Å². The molecule has 0 bridgehead atoms. The first kappa shape index (κ1) is 31.9. The van der Waals surface area contributed by atoms with Crippen LogP contribution in [0.15, 0.2) is 158 Å². The number of allylic oxidation sites excluding steroid dienone is 4. The second kappa shape index (κ2) is 13.1. The number of para-hydroxylation sites is 2. The van der Waals surface area contributed by atoms with Gasteiger partial charge < -0.3 is 0 Å². The Labute approximate surface area is 324 Å². The Balaban J connectivity index is 0.962. The van der Waals surface area contributed by atoms with E-state index in [9.17, 15) is 0 Å². The molecular formula is C47H30N6S2. The van der Waals surface area contributed by atoms with Crippen molar-refractivity contribution in [3.8, 4) is 49.6 Å². The maximum absolute atomic E-state index is 5.16. The summed E-state index contributed by atoms with van der Waals surface area (Å²) in [5.74, 6) is 1.99. The zero-order chi connectivity index (χ0) is 36.3. The molecule has 10 aromatic rings. The van der Waals surface area contributed by atoms with Crippen LogP contribution in [0, 0.1) is 0 Å². The zero-order valence-corrected chi connectivity index (χ0v) is 31.1. The highest BCUT2D eigenvalue weighted by Crippen LogP contribution is 2.39. The molecular weight excluding hydrogens is 713 g/mol. The Bertz CT molecular complexity index is 3140. The Morgan fingerprint density at radius 2 is 1.18 bits per heavy atom. The maximum atomic E-state index is 5.16. The predicted octanol–water partition coefficient (Wildman–Crippen LogP) is 12.6. The topological polar surface area (TPSA) is 69.4 Å². The Kier molecular flexibility index (Phi) is 7.57. The Morgan fingerprint density at radius 3 is 2.07 bits per heavy atom. The van der Waals surface area contributed by atoms with Crippen molar-refractivity contribution in [1.29, 1.82) is 0 Å². The van der Waals surface area contributed by atoms with Crippen LogP contribution in [0.5, 0.6) is 0 Å². The van der Waals surface area contributed by atoms with Gasteiger partial charge in [-0.2, -0.15) is 0 Å². The number of fused-ring (bicyclic) bond motifs is 5. The molecule has 6 aromatic carbocycles. The molecule has 0 N–H and O–H groups in total. The molecule has 0 spiro atoms. The summed E-state index contributed by atoms with van der Waals surface area (Å²) in [6, 6.07) is 48.9. The van der Waals surface area contributed by atoms with Crippen LogP contribution in [0.25, 0.3) is 97.4 Å². The van der Waals surface area contributed by atoms with Crippen molar-refractivity contribution in [2.45, 2.75) is 12.8 Å². The summed E-state index contributed by atoms with van der Waals surface area (Å²) in [5, 5.41) is 4.37. The number of hydrogen-bond donors (Lipinski definition) is 0. The van der Waals surface area contributed by atoms with Crippen LogP contribution in [0.3, 0.4) is 0 Å².